The maximum Gasteiger partial charge on any atom is 0.361 e. The van der Waals surface area contributed by atoms with Gasteiger partial charge in [0.1, 0.15) is 0 Å². The first-order valence-electron chi connectivity index (χ1n) is 1.99. The molecule has 0 aliphatic rings. The predicted molar refractivity (Wildman–Crippen MR) is 25.6 cm³/mol. The van der Waals surface area contributed by atoms with Crippen LogP contribution in [-0.4, -0.2) is 21.4 Å². The summed E-state index contributed by atoms with van der Waals surface area (Å²) < 4.78 is 4.62. The minimum Gasteiger partial charge on any atom is -0.412 e. The molecule has 2 nitrogen and oxygen atoms in total. The molecular weight excluding hydrogens is 96.1 g/mol. The smallest absolute Gasteiger partial charge is 0.361 e. The van der Waals surface area contributed by atoms with E-state index in [0.29, 0.717) is 6.61 Å². The Labute approximate surface area is 40.2 Å². The summed E-state index contributed by atoms with van der Waals surface area (Å²) in [6, 6.07) is 0. The van der Waals surface area contributed by atoms with Crippen molar-refractivity contribution in [1.29, 1.82) is 0 Å². The van der Waals surface area contributed by atoms with E-state index in [4.69, 9.17) is 4.80 Å². The first-order valence-corrected chi connectivity index (χ1v) is 2.98. The first-order chi connectivity index (χ1) is 2.91. The minimum absolute atomic E-state index is 0.700. The SMILES string of the molecule is CCCO[SiH]O. The van der Waals surface area contributed by atoms with Gasteiger partial charge in [0.2, 0.25) is 0 Å². The molecule has 0 spiro atoms. The predicted octanol–water partition coefficient (Wildman–Crippen LogP) is -0.328. The van der Waals surface area contributed by atoms with Gasteiger partial charge in [-0.25, -0.2) is 0 Å². The lowest BCUT2D eigenvalue weighted by atomic mass is 10.5. The quantitative estimate of drug-likeness (QED) is 0.393. The van der Waals surface area contributed by atoms with Gasteiger partial charge in [-0.05, 0) is 6.42 Å². The summed E-state index contributed by atoms with van der Waals surface area (Å²) in [7, 11) is -0.716. The van der Waals surface area contributed by atoms with E-state index in [0.717, 1.165) is 6.42 Å². The molecule has 1 radical (unpaired) electrons. The molecule has 0 saturated heterocycles. The van der Waals surface area contributed by atoms with E-state index in [2.05, 4.69) is 4.43 Å². The Bertz CT molecular complexity index is 20.8. The largest absolute Gasteiger partial charge is 0.412 e. The molecular formula is C3H9O2Si. The van der Waals surface area contributed by atoms with Crippen LogP contribution in [0.15, 0.2) is 0 Å². The van der Waals surface area contributed by atoms with Gasteiger partial charge < -0.3 is 9.22 Å². The Balaban J connectivity index is 2.34. The van der Waals surface area contributed by atoms with Crippen LogP contribution in [0.25, 0.3) is 0 Å². The van der Waals surface area contributed by atoms with E-state index in [1.807, 2.05) is 6.92 Å². The lowest BCUT2D eigenvalue weighted by Gasteiger charge is -1.89. The summed E-state index contributed by atoms with van der Waals surface area (Å²) in [6.07, 6.45) is 0.994. The molecule has 0 atom stereocenters. The van der Waals surface area contributed by atoms with Crippen LogP contribution in [0.3, 0.4) is 0 Å². The van der Waals surface area contributed by atoms with Crippen molar-refractivity contribution in [3.63, 3.8) is 0 Å². The Kier molecular flexibility index (Phi) is 5.25. The fraction of sp³-hybridized carbons (Fsp3) is 1.00. The van der Waals surface area contributed by atoms with Gasteiger partial charge in [0.25, 0.3) is 0 Å². The topological polar surface area (TPSA) is 29.5 Å². The van der Waals surface area contributed by atoms with Crippen LogP contribution >= 0.6 is 0 Å². The first kappa shape index (κ1) is 6.14. The van der Waals surface area contributed by atoms with Gasteiger partial charge in [-0.2, -0.15) is 0 Å². The van der Waals surface area contributed by atoms with Crippen molar-refractivity contribution >= 4 is 10.0 Å². The standard InChI is InChI=1S/C3H9O2Si/c1-2-3-5-6-4/h4,6H,2-3H2,1H3. The van der Waals surface area contributed by atoms with Crippen molar-refractivity contribution in [3.8, 4) is 0 Å². The fourth-order valence-electron chi connectivity index (χ4n) is 0.171. The Morgan fingerprint density at radius 2 is 2.50 bits per heavy atom. The molecule has 6 heavy (non-hydrogen) atoms. The monoisotopic (exact) mass is 105 g/mol. The Hall–Kier alpha value is 0.137. The third-order valence-corrected chi connectivity index (χ3v) is 0.781. The molecule has 0 rings (SSSR count). The van der Waals surface area contributed by atoms with Crippen molar-refractivity contribution in [2.24, 2.45) is 0 Å². The molecule has 0 aliphatic heterocycles. The van der Waals surface area contributed by atoms with Crippen LogP contribution < -0.4 is 0 Å². The van der Waals surface area contributed by atoms with Crippen molar-refractivity contribution in [2.45, 2.75) is 13.3 Å². The van der Waals surface area contributed by atoms with Crippen LogP contribution in [0.1, 0.15) is 13.3 Å². The van der Waals surface area contributed by atoms with Crippen LogP contribution in [-0.2, 0) is 4.43 Å². The van der Waals surface area contributed by atoms with E-state index in [-0.39, 0.29) is 0 Å². The van der Waals surface area contributed by atoms with Crippen molar-refractivity contribution in [1.82, 2.24) is 0 Å². The highest BCUT2D eigenvalue weighted by Gasteiger charge is 1.76. The summed E-state index contributed by atoms with van der Waals surface area (Å²) in [6.45, 7) is 2.71. The molecule has 0 fully saturated rings. The molecule has 0 amide bonds. The van der Waals surface area contributed by atoms with Gasteiger partial charge in [-0.15, -0.1) is 0 Å². The molecule has 0 saturated carbocycles. The summed E-state index contributed by atoms with van der Waals surface area (Å²) in [5.41, 5.74) is 0. The second-order valence-electron chi connectivity index (χ2n) is 0.976. The Morgan fingerprint density at radius 3 is 2.67 bits per heavy atom. The molecule has 0 aliphatic carbocycles. The average molecular weight is 105 g/mol. The van der Waals surface area contributed by atoms with Gasteiger partial charge in [-0.1, -0.05) is 6.92 Å². The van der Waals surface area contributed by atoms with E-state index in [1.165, 1.54) is 0 Å². The second-order valence-corrected chi connectivity index (χ2v) is 1.52. The highest BCUT2D eigenvalue weighted by atomic mass is 28.2. The fourth-order valence-corrected chi connectivity index (χ4v) is 0.512. The van der Waals surface area contributed by atoms with E-state index in [1.54, 1.807) is 0 Å². The highest BCUT2D eigenvalue weighted by Crippen LogP contribution is 1.72. The zero-order chi connectivity index (χ0) is 4.83. The summed E-state index contributed by atoms with van der Waals surface area (Å²) in [5.74, 6) is 0. The highest BCUT2D eigenvalue weighted by molar-refractivity contribution is 6.15. The average Bonchev–Trinajstić information content (AvgIpc) is 1.61. The van der Waals surface area contributed by atoms with Crippen molar-refractivity contribution in [2.75, 3.05) is 6.61 Å². The van der Waals surface area contributed by atoms with E-state index in [9.17, 15) is 0 Å². The molecule has 37 valence electrons. The third-order valence-electron chi connectivity index (χ3n) is 0.397. The Morgan fingerprint density at radius 1 is 1.83 bits per heavy atom. The van der Waals surface area contributed by atoms with Crippen LogP contribution in [0.5, 0.6) is 0 Å². The third kappa shape index (κ3) is 4.14. The molecule has 0 aromatic rings. The zero-order valence-corrected chi connectivity index (χ0v) is 5.00. The van der Waals surface area contributed by atoms with Gasteiger partial charge in [0.15, 0.2) is 0 Å². The minimum atomic E-state index is -0.716. The van der Waals surface area contributed by atoms with Crippen molar-refractivity contribution in [3.05, 3.63) is 0 Å². The molecule has 0 unspecified atom stereocenters. The zero-order valence-electron chi connectivity index (χ0n) is 3.85. The van der Waals surface area contributed by atoms with Gasteiger partial charge in [-0.3, -0.25) is 0 Å². The number of rotatable bonds is 3. The van der Waals surface area contributed by atoms with Crippen LogP contribution in [0.2, 0.25) is 0 Å². The van der Waals surface area contributed by atoms with Crippen LogP contribution in [0.4, 0.5) is 0 Å². The summed E-state index contributed by atoms with van der Waals surface area (Å²) in [5, 5.41) is 0. The summed E-state index contributed by atoms with van der Waals surface area (Å²) in [4.78, 5) is 8.06. The van der Waals surface area contributed by atoms with Gasteiger partial charge >= 0.3 is 10.0 Å². The number of hydrogen-bond donors (Lipinski definition) is 1. The number of hydrogen-bond acceptors (Lipinski definition) is 2. The van der Waals surface area contributed by atoms with Gasteiger partial charge in [0, 0.05) is 6.61 Å². The normalized spacial score (nSPS) is 9.00. The van der Waals surface area contributed by atoms with E-state index >= 15 is 0 Å². The maximum atomic E-state index is 8.06. The molecule has 1 N–H and O–H groups in total. The van der Waals surface area contributed by atoms with E-state index < -0.39 is 10.0 Å². The van der Waals surface area contributed by atoms with Gasteiger partial charge in [0.05, 0.1) is 0 Å². The summed E-state index contributed by atoms with van der Waals surface area (Å²) >= 11 is 0. The molecule has 0 aromatic heterocycles. The van der Waals surface area contributed by atoms with Crippen LogP contribution in [0, 0.1) is 0 Å². The second kappa shape index (κ2) is 5.14. The van der Waals surface area contributed by atoms with Crippen molar-refractivity contribution < 1.29 is 9.22 Å². The molecule has 3 heteroatoms. The molecule has 0 heterocycles. The molecule has 0 aromatic carbocycles. The lowest BCUT2D eigenvalue weighted by Crippen LogP contribution is -1.96. The lowest BCUT2D eigenvalue weighted by molar-refractivity contribution is 0.284. The maximum absolute atomic E-state index is 8.06. The molecule has 0 bridgehead atoms.